The highest BCUT2D eigenvalue weighted by molar-refractivity contribution is 6.00. The lowest BCUT2D eigenvalue weighted by Gasteiger charge is -2.34. The van der Waals surface area contributed by atoms with Gasteiger partial charge < -0.3 is 41.0 Å². The van der Waals surface area contributed by atoms with Crippen LogP contribution in [0, 0.1) is 6.92 Å². The molecule has 0 fully saturated rings. The Morgan fingerprint density at radius 2 is 1.72 bits per heavy atom. The van der Waals surface area contributed by atoms with Crippen molar-refractivity contribution in [2.75, 3.05) is 25.6 Å². The van der Waals surface area contributed by atoms with Crippen LogP contribution in [0.15, 0.2) is 42.5 Å². The van der Waals surface area contributed by atoms with Gasteiger partial charge in [-0.3, -0.25) is 14.4 Å². The topological polar surface area (TPSA) is 181 Å². The van der Waals surface area contributed by atoms with Crippen molar-refractivity contribution >= 4 is 29.5 Å². The van der Waals surface area contributed by atoms with Crippen molar-refractivity contribution in [1.29, 1.82) is 0 Å². The van der Waals surface area contributed by atoms with Crippen LogP contribution in [0.1, 0.15) is 44.4 Å². The molecule has 0 saturated heterocycles. The maximum absolute atomic E-state index is 13.8. The van der Waals surface area contributed by atoms with E-state index in [9.17, 15) is 29.4 Å². The van der Waals surface area contributed by atoms with Gasteiger partial charge >= 0.3 is 6.09 Å². The summed E-state index contributed by atoms with van der Waals surface area (Å²) in [4.78, 5) is 52.7. The second-order valence-corrected chi connectivity index (χ2v) is 9.76. The third kappa shape index (κ3) is 8.88. The molecule has 2 rings (SSSR count). The number of phenols is 1. The molecule has 6 N–H and O–H groups in total. The number of aromatic hydroxyl groups is 1. The highest BCUT2D eigenvalue weighted by atomic mass is 16.6. The van der Waals surface area contributed by atoms with Crippen LogP contribution in [-0.4, -0.2) is 70.8 Å². The number of hydrogen-bond donors (Lipinski definition) is 5. The lowest BCUT2D eigenvalue weighted by atomic mass is 9.98. The van der Waals surface area contributed by atoms with E-state index >= 15 is 0 Å². The Labute approximate surface area is 227 Å². The number of nitrogens with two attached hydrogens (primary N) is 1. The molecule has 0 aliphatic heterocycles. The molecule has 4 amide bonds. The second kappa shape index (κ2) is 13.5. The molecule has 12 heteroatoms. The smallest absolute Gasteiger partial charge is 0.408 e. The minimum atomic E-state index is -1.52. The van der Waals surface area contributed by atoms with E-state index in [2.05, 4.69) is 10.6 Å². The van der Waals surface area contributed by atoms with Gasteiger partial charge in [0.2, 0.25) is 11.8 Å². The number of alkyl carbamates (subject to hydrolysis) is 1. The highest BCUT2D eigenvalue weighted by Crippen LogP contribution is 2.33. The van der Waals surface area contributed by atoms with Gasteiger partial charge in [-0.25, -0.2) is 4.79 Å². The average molecular weight is 545 g/mol. The molecule has 2 unspecified atom stereocenters. The summed E-state index contributed by atoms with van der Waals surface area (Å²) in [5.41, 5.74) is 5.32. The lowest BCUT2D eigenvalue weighted by Crippen LogP contribution is -2.54. The van der Waals surface area contributed by atoms with E-state index in [0.717, 1.165) is 4.90 Å². The normalized spacial score (nSPS) is 12.6. The quantitative estimate of drug-likeness (QED) is 0.285. The van der Waals surface area contributed by atoms with Crippen molar-refractivity contribution in [3.63, 3.8) is 0 Å². The zero-order valence-corrected chi connectivity index (χ0v) is 22.7. The van der Waals surface area contributed by atoms with E-state index in [1.54, 1.807) is 64.1 Å². The Balaban J connectivity index is 2.55. The molecule has 2 atom stereocenters. The summed E-state index contributed by atoms with van der Waals surface area (Å²) in [5.74, 6) is -2.21. The average Bonchev–Trinajstić information content (AvgIpc) is 2.84. The molecule has 12 nitrogen and oxygen atoms in total. The minimum Gasteiger partial charge on any atom is -0.507 e. The molecule has 0 heterocycles. The molecule has 0 spiro atoms. The monoisotopic (exact) mass is 544 g/mol. The van der Waals surface area contributed by atoms with Crippen LogP contribution in [0.25, 0.3) is 0 Å². The Hall–Kier alpha value is -4.32. The minimum absolute atomic E-state index is 0.0675. The molecule has 0 saturated carbocycles. The van der Waals surface area contributed by atoms with Gasteiger partial charge in [-0.15, -0.1) is 0 Å². The molecule has 2 aromatic carbocycles. The molecule has 0 bridgehead atoms. The van der Waals surface area contributed by atoms with E-state index in [-0.39, 0.29) is 17.9 Å². The van der Waals surface area contributed by atoms with Crippen LogP contribution in [0.5, 0.6) is 11.5 Å². The zero-order valence-electron chi connectivity index (χ0n) is 22.7. The van der Waals surface area contributed by atoms with Crippen molar-refractivity contribution in [3.05, 3.63) is 53.6 Å². The summed E-state index contributed by atoms with van der Waals surface area (Å²) in [6, 6.07) is 8.11. The molecule has 212 valence electrons. The zero-order chi connectivity index (χ0) is 29.3. The van der Waals surface area contributed by atoms with Crippen LogP contribution < -0.4 is 21.1 Å². The van der Waals surface area contributed by atoms with Gasteiger partial charge in [0.05, 0.1) is 20.1 Å². The van der Waals surface area contributed by atoms with Crippen molar-refractivity contribution in [2.45, 2.75) is 51.8 Å². The van der Waals surface area contributed by atoms with Crippen LogP contribution in [-0.2, 0) is 19.1 Å². The van der Waals surface area contributed by atoms with Gasteiger partial charge in [-0.05, 0) is 57.5 Å². The molecule has 0 aliphatic rings. The largest absolute Gasteiger partial charge is 0.507 e. The van der Waals surface area contributed by atoms with E-state index in [0.29, 0.717) is 17.0 Å². The number of carbonyl (C=O) groups is 4. The number of aliphatic hydroxyl groups excluding tert-OH is 1. The summed E-state index contributed by atoms with van der Waals surface area (Å²) >= 11 is 0. The maximum atomic E-state index is 13.8. The first-order valence-corrected chi connectivity index (χ1v) is 12.2. The van der Waals surface area contributed by atoms with E-state index in [1.165, 1.54) is 13.2 Å². The van der Waals surface area contributed by atoms with Gasteiger partial charge in [0.15, 0.2) is 0 Å². The summed E-state index contributed by atoms with van der Waals surface area (Å²) in [5, 5.41) is 25.7. The number of phenolic OH excluding ortho intramolecular Hbond substituents is 1. The molecular formula is C27H36N4O8. The van der Waals surface area contributed by atoms with Crippen molar-refractivity contribution < 1.29 is 38.9 Å². The Morgan fingerprint density at radius 1 is 1.08 bits per heavy atom. The Bertz CT molecular complexity index is 1180. The van der Waals surface area contributed by atoms with Gasteiger partial charge in [0.25, 0.3) is 5.91 Å². The molecule has 39 heavy (non-hydrogen) atoms. The number of aryl methyl sites for hydroxylation is 1. The van der Waals surface area contributed by atoms with Gasteiger partial charge in [0.1, 0.15) is 29.2 Å². The number of hydrogen-bond acceptors (Lipinski definition) is 8. The number of nitrogens with zero attached hydrogens (tertiary/aromatic N) is 1. The van der Waals surface area contributed by atoms with Crippen molar-refractivity contribution in [1.82, 2.24) is 10.2 Å². The van der Waals surface area contributed by atoms with Crippen molar-refractivity contribution in [2.24, 2.45) is 5.73 Å². The first-order valence-electron chi connectivity index (χ1n) is 12.2. The van der Waals surface area contributed by atoms with Crippen LogP contribution in [0.3, 0.4) is 0 Å². The number of rotatable bonds is 11. The fourth-order valence-electron chi connectivity index (χ4n) is 3.76. The van der Waals surface area contributed by atoms with E-state index in [4.69, 9.17) is 15.2 Å². The number of nitrogens with one attached hydrogen (secondary N) is 2. The Kier molecular flexibility index (Phi) is 10.7. The fraction of sp³-hybridized carbons (Fsp3) is 0.407. The number of anilines is 1. The molecule has 0 radical (unpaired) electrons. The molecule has 0 aromatic heterocycles. The molecule has 0 aliphatic carbocycles. The second-order valence-electron chi connectivity index (χ2n) is 9.76. The van der Waals surface area contributed by atoms with Crippen LogP contribution in [0.2, 0.25) is 0 Å². The standard InChI is InChI=1S/C27H36N4O8/c1-16-7-6-8-19(23(16)34)22(24(35)29-17-9-11-18(38-5)12-10-17)31(13-14-32)25(36)20(15-21(28)33)30-26(37)39-27(2,3)4/h6-12,20,22,32,34H,13-15H2,1-5H3,(H2,28,33)(H,29,35)(H,30,37). The molecular weight excluding hydrogens is 508 g/mol. The van der Waals surface area contributed by atoms with Gasteiger partial charge in [-0.1, -0.05) is 18.2 Å². The predicted molar refractivity (Wildman–Crippen MR) is 143 cm³/mol. The number of primary amides is 1. The van der Waals surface area contributed by atoms with Gasteiger partial charge in [0, 0.05) is 17.8 Å². The number of aliphatic hydroxyl groups is 1. The van der Waals surface area contributed by atoms with Crippen molar-refractivity contribution in [3.8, 4) is 11.5 Å². The number of para-hydroxylation sites is 1. The van der Waals surface area contributed by atoms with E-state index < -0.39 is 54.5 Å². The van der Waals surface area contributed by atoms with Gasteiger partial charge in [-0.2, -0.15) is 0 Å². The number of methoxy groups -OCH3 is 1. The number of amides is 4. The van der Waals surface area contributed by atoms with Crippen LogP contribution in [0.4, 0.5) is 10.5 Å². The first-order chi connectivity index (χ1) is 18.3. The first kappa shape index (κ1) is 30.9. The Morgan fingerprint density at radius 3 is 2.26 bits per heavy atom. The molecule has 2 aromatic rings. The third-order valence-corrected chi connectivity index (χ3v) is 5.50. The fourth-order valence-corrected chi connectivity index (χ4v) is 3.76. The van der Waals surface area contributed by atoms with Crippen LogP contribution >= 0.6 is 0 Å². The lowest BCUT2D eigenvalue weighted by molar-refractivity contribution is -0.142. The predicted octanol–water partition coefficient (Wildman–Crippen LogP) is 1.98. The summed E-state index contributed by atoms with van der Waals surface area (Å²) in [7, 11) is 1.50. The SMILES string of the molecule is COc1ccc(NC(=O)C(c2cccc(C)c2O)N(CCO)C(=O)C(CC(N)=O)NC(=O)OC(C)(C)C)cc1. The summed E-state index contributed by atoms with van der Waals surface area (Å²) in [6.07, 6.45) is -1.59. The number of ether oxygens (including phenoxy) is 2. The maximum Gasteiger partial charge on any atom is 0.408 e. The highest BCUT2D eigenvalue weighted by Gasteiger charge is 2.38. The third-order valence-electron chi connectivity index (χ3n) is 5.50. The summed E-state index contributed by atoms with van der Waals surface area (Å²) < 4.78 is 10.3. The number of carbonyl (C=O) groups excluding carboxylic acids is 4. The van der Waals surface area contributed by atoms with E-state index in [1.807, 2.05) is 0 Å². The summed E-state index contributed by atoms with van der Waals surface area (Å²) in [6.45, 7) is 5.54. The number of benzene rings is 2.